The fourth-order valence-corrected chi connectivity index (χ4v) is 2.55. The van der Waals surface area contributed by atoms with Gasteiger partial charge >= 0.3 is 6.18 Å². The number of alkyl halides is 3. The molecule has 1 unspecified atom stereocenters. The zero-order chi connectivity index (χ0) is 16.2. The summed E-state index contributed by atoms with van der Waals surface area (Å²) in [6, 6.07) is 1.86. The number of carbonyl (C=O) groups excluding carboxylic acids is 1. The van der Waals surface area contributed by atoms with Gasteiger partial charge < -0.3 is 10.6 Å². The molecule has 1 aromatic rings. The molecule has 1 amide bonds. The first-order valence-corrected chi connectivity index (χ1v) is 7.23. The van der Waals surface area contributed by atoms with Gasteiger partial charge in [0.2, 0.25) is 0 Å². The van der Waals surface area contributed by atoms with Gasteiger partial charge in [0.25, 0.3) is 5.91 Å². The van der Waals surface area contributed by atoms with Crippen LogP contribution in [0.1, 0.15) is 35.2 Å². The van der Waals surface area contributed by atoms with E-state index < -0.39 is 23.5 Å². The van der Waals surface area contributed by atoms with E-state index in [0.717, 1.165) is 38.4 Å². The molecule has 1 atom stereocenters. The molecular formula is C15H18F4N2O. The van der Waals surface area contributed by atoms with Crippen LogP contribution in [-0.2, 0) is 6.18 Å². The fraction of sp³-hybridized carbons (Fsp3) is 0.533. The van der Waals surface area contributed by atoms with Crippen LogP contribution in [0, 0.1) is 11.7 Å². The monoisotopic (exact) mass is 318 g/mol. The number of nitrogens with one attached hydrogen (secondary N) is 2. The van der Waals surface area contributed by atoms with Crippen molar-refractivity contribution in [2.45, 2.75) is 25.4 Å². The van der Waals surface area contributed by atoms with E-state index in [9.17, 15) is 22.4 Å². The van der Waals surface area contributed by atoms with Gasteiger partial charge in [0.15, 0.2) is 0 Å². The van der Waals surface area contributed by atoms with Crippen LogP contribution in [0.15, 0.2) is 18.2 Å². The SMILES string of the molecule is O=C(NCCC1CCCNC1)c1cc(F)cc(C(F)(F)F)c1. The van der Waals surface area contributed by atoms with Gasteiger partial charge in [0.1, 0.15) is 5.82 Å². The Labute approximate surface area is 126 Å². The van der Waals surface area contributed by atoms with E-state index in [2.05, 4.69) is 10.6 Å². The number of benzene rings is 1. The Morgan fingerprint density at radius 1 is 1.32 bits per heavy atom. The molecule has 0 aromatic heterocycles. The molecule has 1 aliphatic rings. The van der Waals surface area contributed by atoms with Gasteiger partial charge in [-0.2, -0.15) is 13.2 Å². The molecule has 2 N–H and O–H groups in total. The van der Waals surface area contributed by atoms with Crippen molar-refractivity contribution in [2.24, 2.45) is 5.92 Å². The third-order valence-electron chi connectivity index (χ3n) is 3.72. The quantitative estimate of drug-likeness (QED) is 0.838. The number of rotatable bonds is 4. The molecule has 7 heteroatoms. The summed E-state index contributed by atoms with van der Waals surface area (Å²) >= 11 is 0. The lowest BCUT2D eigenvalue weighted by Gasteiger charge is -2.22. The number of amides is 1. The normalized spacial score (nSPS) is 19.0. The highest BCUT2D eigenvalue weighted by molar-refractivity contribution is 5.94. The standard InChI is InChI=1S/C15H18F4N2O/c16-13-7-11(6-12(8-13)15(17,18)19)14(22)21-5-3-10-2-1-4-20-9-10/h6-8,10,20H,1-5,9H2,(H,21,22). The maximum atomic E-state index is 13.2. The van der Waals surface area contributed by atoms with E-state index in [1.807, 2.05) is 0 Å². The van der Waals surface area contributed by atoms with Crippen molar-refractivity contribution in [2.75, 3.05) is 19.6 Å². The number of hydrogen-bond acceptors (Lipinski definition) is 2. The second-order valence-electron chi connectivity index (χ2n) is 5.48. The second kappa shape index (κ2) is 7.09. The Hall–Kier alpha value is -1.63. The summed E-state index contributed by atoms with van der Waals surface area (Å²) in [4.78, 5) is 11.9. The Morgan fingerprint density at radius 3 is 2.73 bits per heavy atom. The fourth-order valence-electron chi connectivity index (χ4n) is 2.55. The van der Waals surface area contributed by atoms with Crippen molar-refractivity contribution in [1.82, 2.24) is 10.6 Å². The first kappa shape index (κ1) is 16.7. The summed E-state index contributed by atoms with van der Waals surface area (Å²) in [5.74, 6) is -1.31. The summed E-state index contributed by atoms with van der Waals surface area (Å²) in [6.45, 7) is 2.24. The van der Waals surface area contributed by atoms with Crippen LogP contribution in [0.3, 0.4) is 0 Å². The molecule has 22 heavy (non-hydrogen) atoms. The first-order valence-electron chi connectivity index (χ1n) is 7.23. The van der Waals surface area contributed by atoms with E-state index >= 15 is 0 Å². The van der Waals surface area contributed by atoms with E-state index in [4.69, 9.17) is 0 Å². The highest BCUT2D eigenvalue weighted by atomic mass is 19.4. The smallest absolute Gasteiger partial charge is 0.352 e. The van der Waals surface area contributed by atoms with Gasteiger partial charge in [-0.1, -0.05) is 0 Å². The topological polar surface area (TPSA) is 41.1 Å². The number of carbonyl (C=O) groups is 1. The van der Waals surface area contributed by atoms with Crippen LogP contribution in [0.25, 0.3) is 0 Å². The van der Waals surface area contributed by atoms with E-state index in [-0.39, 0.29) is 5.56 Å². The van der Waals surface area contributed by atoms with Crippen LogP contribution in [0.5, 0.6) is 0 Å². The summed E-state index contributed by atoms with van der Waals surface area (Å²) < 4.78 is 51.0. The Bertz CT molecular complexity index is 525. The van der Waals surface area contributed by atoms with Crippen LogP contribution >= 0.6 is 0 Å². The molecule has 0 radical (unpaired) electrons. The molecule has 0 bridgehead atoms. The van der Waals surface area contributed by atoms with Gasteiger partial charge in [0.05, 0.1) is 5.56 Å². The average Bonchev–Trinajstić information content (AvgIpc) is 2.46. The zero-order valence-corrected chi connectivity index (χ0v) is 12.0. The minimum atomic E-state index is -4.68. The van der Waals surface area contributed by atoms with E-state index in [0.29, 0.717) is 24.6 Å². The molecule has 1 aliphatic heterocycles. The lowest BCUT2D eigenvalue weighted by Crippen LogP contribution is -2.33. The molecular weight excluding hydrogens is 300 g/mol. The summed E-state index contributed by atoms with van der Waals surface area (Å²) in [6.07, 6.45) is -1.77. The van der Waals surface area contributed by atoms with Crippen molar-refractivity contribution in [3.8, 4) is 0 Å². The molecule has 2 rings (SSSR count). The molecule has 0 aliphatic carbocycles. The van der Waals surface area contributed by atoms with Crippen LogP contribution in [-0.4, -0.2) is 25.5 Å². The van der Waals surface area contributed by atoms with Gasteiger partial charge in [-0.3, -0.25) is 4.79 Å². The van der Waals surface area contributed by atoms with Crippen molar-refractivity contribution in [3.05, 3.63) is 35.1 Å². The minimum Gasteiger partial charge on any atom is -0.352 e. The van der Waals surface area contributed by atoms with Gasteiger partial charge in [0, 0.05) is 12.1 Å². The van der Waals surface area contributed by atoms with E-state index in [1.165, 1.54) is 0 Å². The highest BCUT2D eigenvalue weighted by Crippen LogP contribution is 2.30. The molecule has 1 saturated heterocycles. The van der Waals surface area contributed by atoms with E-state index in [1.54, 1.807) is 0 Å². The molecule has 0 saturated carbocycles. The molecule has 1 fully saturated rings. The Balaban J connectivity index is 1.93. The van der Waals surface area contributed by atoms with Gasteiger partial charge in [-0.15, -0.1) is 0 Å². The summed E-state index contributed by atoms with van der Waals surface area (Å²) in [7, 11) is 0. The third-order valence-corrected chi connectivity index (χ3v) is 3.72. The largest absolute Gasteiger partial charge is 0.416 e. The lowest BCUT2D eigenvalue weighted by atomic mass is 9.96. The molecule has 0 spiro atoms. The number of halogens is 4. The van der Waals surface area contributed by atoms with Gasteiger partial charge in [-0.05, 0) is 56.5 Å². The van der Waals surface area contributed by atoms with Gasteiger partial charge in [-0.25, -0.2) is 4.39 Å². The summed E-state index contributed by atoms with van der Waals surface area (Å²) in [5.41, 5.74) is -1.47. The lowest BCUT2D eigenvalue weighted by molar-refractivity contribution is -0.137. The predicted octanol–water partition coefficient (Wildman–Crippen LogP) is 2.96. The number of hydrogen-bond donors (Lipinski definition) is 2. The second-order valence-corrected chi connectivity index (χ2v) is 5.48. The van der Waals surface area contributed by atoms with Crippen molar-refractivity contribution < 1.29 is 22.4 Å². The zero-order valence-electron chi connectivity index (χ0n) is 12.0. The molecule has 1 aromatic carbocycles. The molecule has 122 valence electrons. The van der Waals surface area contributed by atoms with Crippen molar-refractivity contribution >= 4 is 5.91 Å². The maximum absolute atomic E-state index is 13.2. The van der Waals surface area contributed by atoms with Crippen LogP contribution < -0.4 is 10.6 Å². The predicted molar refractivity (Wildman–Crippen MR) is 73.9 cm³/mol. The van der Waals surface area contributed by atoms with Crippen molar-refractivity contribution in [3.63, 3.8) is 0 Å². The number of piperidine rings is 1. The van der Waals surface area contributed by atoms with Crippen LogP contribution in [0.2, 0.25) is 0 Å². The van der Waals surface area contributed by atoms with Crippen molar-refractivity contribution in [1.29, 1.82) is 0 Å². The molecule has 1 heterocycles. The molecule has 3 nitrogen and oxygen atoms in total. The summed E-state index contributed by atoms with van der Waals surface area (Å²) in [5, 5.41) is 5.80. The third kappa shape index (κ3) is 4.69. The average molecular weight is 318 g/mol. The highest BCUT2D eigenvalue weighted by Gasteiger charge is 2.32. The Morgan fingerprint density at radius 2 is 2.09 bits per heavy atom. The first-order chi connectivity index (χ1) is 10.4. The van der Waals surface area contributed by atoms with Crippen LogP contribution in [0.4, 0.5) is 17.6 Å². The maximum Gasteiger partial charge on any atom is 0.416 e. The minimum absolute atomic E-state index is 0.311. The Kier molecular flexibility index (Phi) is 5.39.